The lowest BCUT2D eigenvalue weighted by atomic mass is 10.0. The van der Waals surface area contributed by atoms with Crippen molar-refractivity contribution >= 4 is 11.9 Å². The molecule has 6 heteroatoms. The zero-order valence-corrected chi connectivity index (χ0v) is 46.1. The monoisotopic (exact) mass is 960 g/mol. The fourth-order valence-electron chi connectivity index (χ4n) is 9.81. The van der Waals surface area contributed by atoms with Crippen molar-refractivity contribution in [1.82, 2.24) is 5.32 Å². The number of aliphatic hydroxyl groups excluding tert-OH is 2. The number of aliphatic hydroxyl groups is 2. The molecule has 0 heterocycles. The largest absolute Gasteiger partial charge is 0.466 e. The van der Waals surface area contributed by atoms with Gasteiger partial charge in [0.25, 0.3) is 0 Å². The Hall–Kier alpha value is -1.40. The van der Waals surface area contributed by atoms with Gasteiger partial charge in [0.2, 0.25) is 5.91 Å². The molecular formula is C62H121NO5. The van der Waals surface area contributed by atoms with Crippen LogP contribution in [0.2, 0.25) is 0 Å². The smallest absolute Gasteiger partial charge is 0.305 e. The van der Waals surface area contributed by atoms with Crippen molar-refractivity contribution in [2.24, 2.45) is 0 Å². The second-order valence-electron chi connectivity index (χ2n) is 21.4. The third kappa shape index (κ3) is 53.9. The van der Waals surface area contributed by atoms with Crippen LogP contribution in [0.25, 0.3) is 0 Å². The van der Waals surface area contributed by atoms with Gasteiger partial charge < -0.3 is 20.3 Å². The van der Waals surface area contributed by atoms with E-state index in [1.807, 2.05) is 6.08 Å². The Labute approximate surface area is 425 Å². The van der Waals surface area contributed by atoms with Gasteiger partial charge in [0.05, 0.1) is 25.4 Å². The van der Waals surface area contributed by atoms with Crippen LogP contribution in [0.1, 0.15) is 348 Å². The zero-order valence-electron chi connectivity index (χ0n) is 46.1. The average Bonchev–Trinajstić information content (AvgIpc) is 3.34. The molecule has 0 spiro atoms. The number of amides is 1. The Bertz CT molecular complexity index is 1020. The molecule has 0 bridgehead atoms. The average molecular weight is 961 g/mol. The molecule has 3 N–H and O–H groups in total. The summed E-state index contributed by atoms with van der Waals surface area (Å²) in [5.74, 6) is -0.0507. The number of ether oxygens (including phenoxy) is 1. The van der Waals surface area contributed by atoms with E-state index in [9.17, 15) is 19.8 Å². The summed E-state index contributed by atoms with van der Waals surface area (Å²) in [5.41, 5.74) is 0. The van der Waals surface area contributed by atoms with Gasteiger partial charge in [-0.15, -0.1) is 0 Å². The number of carbonyl (C=O) groups excluding carboxylic acids is 2. The molecule has 2 atom stereocenters. The molecule has 0 rings (SSSR count). The second kappa shape index (κ2) is 58.2. The number of hydrogen-bond acceptors (Lipinski definition) is 5. The predicted molar refractivity (Wildman–Crippen MR) is 297 cm³/mol. The first-order valence-corrected chi connectivity index (χ1v) is 31.0. The minimum absolute atomic E-state index is 0.0148. The minimum Gasteiger partial charge on any atom is -0.466 e. The maximum Gasteiger partial charge on any atom is 0.305 e. The molecular weight excluding hydrogens is 839 g/mol. The molecule has 2 unspecified atom stereocenters. The molecule has 404 valence electrons. The maximum atomic E-state index is 12.5. The molecule has 68 heavy (non-hydrogen) atoms. The molecule has 0 saturated carbocycles. The number of hydrogen-bond donors (Lipinski definition) is 3. The van der Waals surface area contributed by atoms with Crippen LogP contribution in [0.4, 0.5) is 0 Å². The number of unbranched alkanes of at least 4 members (excludes halogenated alkanes) is 47. The Morgan fingerprint density at radius 1 is 0.397 bits per heavy atom. The molecule has 0 fully saturated rings. The van der Waals surface area contributed by atoms with Crippen molar-refractivity contribution in [2.45, 2.75) is 360 Å². The first-order chi connectivity index (χ1) is 33.5. The van der Waals surface area contributed by atoms with Crippen molar-refractivity contribution in [3.63, 3.8) is 0 Å². The molecule has 0 aromatic carbocycles. The molecule has 0 saturated heterocycles. The molecule has 0 aromatic heterocycles. The van der Waals surface area contributed by atoms with Crippen LogP contribution >= 0.6 is 0 Å². The van der Waals surface area contributed by atoms with Crippen LogP contribution in [0.5, 0.6) is 0 Å². The summed E-state index contributed by atoms with van der Waals surface area (Å²) in [6, 6.07) is -0.627. The normalized spacial score (nSPS) is 12.6. The SMILES string of the molecule is CCCCCCCCCCCCCCCC/C=C/C(O)C(CO)NC(=O)CCCCCCCCCCCCCCCCCCCCCCCCOC(=O)CCCCCCCCCCCCCCC. The standard InChI is InChI=1S/C62H121NO5/c1-3-5-7-9-11-13-15-17-18-27-31-34-38-42-46-50-54-60(65)59(58-64)63-61(66)55-51-47-43-39-35-32-28-25-23-21-19-20-22-24-26-29-33-37-41-45-49-53-57-68-62(67)56-52-48-44-40-36-30-16-14-12-10-8-6-4-2/h50,54,59-60,64-65H,3-49,51-53,55-58H2,1-2H3,(H,63,66)/b54-50+. The summed E-state index contributed by atoms with van der Waals surface area (Å²) in [7, 11) is 0. The van der Waals surface area contributed by atoms with Gasteiger partial charge >= 0.3 is 5.97 Å². The highest BCUT2D eigenvalue weighted by molar-refractivity contribution is 5.76. The molecule has 1 amide bonds. The Morgan fingerprint density at radius 3 is 1.00 bits per heavy atom. The highest BCUT2D eigenvalue weighted by atomic mass is 16.5. The number of nitrogens with one attached hydrogen (secondary N) is 1. The second-order valence-corrected chi connectivity index (χ2v) is 21.4. The van der Waals surface area contributed by atoms with Crippen LogP contribution < -0.4 is 5.32 Å². The van der Waals surface area contributed by atoms with E-state index < -0.39 is 12.1 Å². The lowest BCUT2D eigenvalue weighted by Gasteiger charge is -2.20. The molecule has 0 aliphatic heterocycles. The third-order valence-corrected chi connectivity index (χ3v) is 14.6. The van der Waals surface area contributed by atoms with Gasteiger partial charge in [0.15, 0.2) is 0 Å². The number of rotatable bonds is 58. The highest BCUT2D eigenvalue weighted by Crippen LogP contribution is 2.18. The summed E-state index contributed by atoms with van der Waals surface area (Å²) >= 11 is 0. The van der Waals surface area contributed by atoms with Gasteiger partial charge in [-0.25, -0.2) is 0 Å². The summed E-state index contributed by atoms with van der Waals surface area (Å²) in [6.07, 6.45) is 69.6. The molecule has 0 aromatic rings. The summed E-state index contributed by atoms with van der Waals surface area (Å²) < 4.78 is 5.48. The topological polar surface area (TPSA) is 95.9 Å². The Kier molecular flexibility index (Phi) is 57.0. The zero-order chi connectivity index (χ0) is 49.3. The van der Waals surface area contributed by atoms with Crippen molar-refractivity contribution < 1.29 is 24.5 Å². The summed E-state index contributed by atoms with van der Waals surface area (Å²) in [6.45, 7) is 4.93. The van der Waals surface area contributed by atoms with E-state index in [2.05, 4.69) is 19.2 Å². The van der Waals surface area contributed by atoms with E-state index in [1.165, 1.54) is 283 Å². The van der Waals surface area contributed by atoms with E-state index in [1.54, 1.807) is 6.08 Å². The van der Waals surface area contributed by atoms with Crippen LogP contribution in [-0.2, 0) is 14.3 Å². The fourth-order valence-corrected chi connectivity index (χ4v) is 9.81. The number of allylic oxidation sites excluding steroid dienone is 1. The van der Waals surface area contributed by atoms with Crippen molar-refractivity contribution in [3.8, 4) is 0 Å². The van der Waals surface area contributed by atoms with Gasteiger partial charge in [-0.05, 0) is 32.1 Å². The Balaban J connectivity index is 3.39. The fraction of sp³-hybridized carbons (Fsp3) is 0.935. The predicted octanol–water partition coefficient (Wildman–Crippen LogP) is 19.2. The van der Waals surface area contributed by atoms with E-state index in [0.29, 0.717) is 19.4 Å². The van der Waals surface area contributed by atoms with E-state index >= 15 is 0 Å². The van der Waals surface area contributed by atoms with Crippen molar-refractivity contribution in [2.75, 3.05) is 13.2 Å². The van der Waals surface area contributed by atoms with Crippen LogP contribution in [0.15, 0.2) is 12.2 Å². The Morgan fingerprint density at radius 2 is 0.676 bits per heavy atom. The van der Waals surface area contributed by atoms with E-state index in [-0.39, 0.29) is 18.5 Å². The van der Waals surface area contributed by atoms with Gasteiger partial charge in [-0.3, -0.25) is 9.59 Å². The first-order valence-electron chi connectivity index (χ1n) is 31.0. The van der Waals surface area contributed by atoms with Gasteiger partial charge in [0.1, 0.15) is 0 Å². The van der Waals surface area contributed by atoms with Crippen molar-refractivity contribution in [3.05, 3.63) is 12.2 Å². The van der Waals surface area contributed by atoms with Crippen LogP contribution in [-0.4, -0.2) is 47.4 Å². The van der Waals surface area contributed by atoms with Gasteiger partial charge in [-0.2, -0.15) is 0 Å². The van der Waals surface area contributed by atoms with E-state index in [0.717, 1.165) is 38.5 Å². The molecule has 6 nitrogen and oxygen atoms in total. The van der Waals surface area contributed by atoms with Crippen LogP contribution in [0.3, 0.4) is 0 Å². The quantitative estimate of drug-likeness (QED) is 0.0321. The molecule has 0 aliphatic rings. The first kappa shape index (κ1) is 66.6. The molecule has 0 aliphatic carbocycles. The van der Waals surface area contributed by atoms with Crippen molar-refractivity contribution in [1.29, 1.82) is 0 Å². The van der Waals surface area contributed by atoms with E-state index in [4.69, 9.17) is 4.74 Å². The van der Waals surface area contributed by atoms with Crippen LogP contribution in [0, 0.1) is 0 Å². The molecule has 0 radical (unpaired) electrons. The maximum absolute atomic E-state index is 12.5. The minimum atomic E-state index is -0.843. The highest BCUT2D eigenvalue weighted by Gasteiger charge is 2.18. The lowest BCUT2D eigenvalue weighted by molar-refractivity contribution is -0.143. The third-order valence-electron chi connectivity index (χ3n) is 14.6. The summed E-state index contributed by atoms with van der Waals surface area (Å²) in [4.78, 5) is 24.5. The summed E-state index contributed by atoms with van der Waals surface area (Å²) in [5, 5.41) is 23.1. The van der Waals surface area contributed by atoms with Gasteiger partial charge in [-0.1, -0.05) is 315 Å². The number of esters is 1. The van der Waals surface area contributed by atoms with Gasteiger partial charge in [0, 0.05) is 12.8 Å². The lowest BCUT2D eigenvalue weighted by Crippen LogP contribution is -2.45. The number of carbonyl (C=O) groups is 2.